The summed E-state index contributed by atoms with van der Waals surface area (Å²) in [5.41, 5.74) is 2.44. The minimum atomic E-state index is -3.56. The van der Waals surface area contributed by atoms with Crippen LogP contribution in [0.4, 0.5) is 11.4 Å². The molecule has 2 aromatic rings. The predicted octanol–water partition coefficient (Wildman–Crippen LogP) is 3.16. The first-order valence-electron chi connectivity index (χ1n) is 7.95. The molecule has 0 saturated heterocycles. The first-order chi connectivity index (χ1) is 11.4. The lowest BCUT2D eigenvalue weighted by atomic mass is 10.2. The van der Waals surface area contributed by atoms with Gasteiger partial charge in [0.2, 0.25) is 0 Å². The van der Waals surface area contributed by atoms with E-state index in [4.69, 9.17) is 0 Å². The topological polar surface area (TPSA) is 61.4 Å². The molecule has 0 aliphatic carbocycles. The molecule has 0 radical (unpaired) electrons. The average molecular weight is 347 g/mol. The van der Waals surface area contributed by atoms with E-state index in [0.29, 0.717) is 5.69 Å². The molecule has 0 aromatic heterocycles. The first-order valence-corrected chi connectivity index (χ1v) is 9.43. The van der Waals surface area contributed by atoms with Gasteiger partial charge in [-0.05, 0) is 75.9 Å². The van der Waals surface area contributed by atoms with Crippen LogP contribution in [0.5, 0.6) is 0 Å². The molecule has 0 amide bonds. The van der Waals surface area contributed by atoms with Gasteiger partial charge in [0.25, 0.3) is 10.0 Å². The van der Waals surface area contributed by atoms with Gasteiger partial charge in [-0.2, -0.15) is 0 Å². The highest BCUT2D eigenvalue weighted by atomic mass is 32.2. The summed E-state index contributed by atoms with van der Waals surface area (Å²) in [6, 6.07) is 14.1. The number of rotatable bonds is 8. The maximum absolute atomic E-state index is 12.4. The number of nitrogens with zero attached hydrogens (tertiary/aromatic N) is 1. The van der Waals surface area contributed by atoms with Crippen LogP contribution in [-0.4, -0.2) is 40.5 Å². The van der Waals surface area contributed by atoms with Crippen molar-refractivity contribution in [3.05, 3.63) is 54.1 Å². The van der Waals surface area contributed by atoms with Crippen LogP contribution < -0.4 is 10.0 Å². The third-order valence-corrected chi connectivity index (χ3v) is 4.93. The Morgan fingerprint density at radius 1 is 1.00 bits per heavy atom. The molecular weight excluding hydrogens is 322 g/mol. The van der Waals surface area contributed by atoms with Gasteiger partial charge in [0.05, 0.1) is 4.90 Å². The third kappa shape index (κ3) is 5.54. The molecule has 5 nitrogen and oxygen atoms in total. The van der Waals surface area contributed by atoms with Crippen molar-refractivity contribution in [2.45, 2.75) is 18.2 Å². The highest BCUT2D eigenvalue weighted by Gasteiger charge is 2.13. The number of aryl methyl sites for hydroxylation is 1. The van der Waals surface area contributed by atoms with Crippen LogP contribution in [0.2, 0.25) is 0 Å². The van der Waals surface area contributed by atoms with E-state index in [-0.39, 0.29) is 4.90 Å². The molecule has 0 atom stereocenters. The summed E-state index contributed by atoms with van der Waals surface area (Å²) < 4.78 is 27.4. The average Bonchev–Trinajstić information content (AvgIpc) is 2.52. The maximum Gasteiger partial charge on any atom is 0.261 e. The predicted molar refractivity (Wildman–Crippen MR) is 100 cm³/mol. The Morgan fingerprint density at radius 2 is 1.67 bits per heavy atom. The second kappa shape index (κ2) is 8.17. The second-order valence-electron chi connectivity index (χ2n) is 6.08. The van der Waals surface area contributed by atoms with Crippen molar-refractivity contribution in [3.63, 3.8) is 0 Å². The van der Waals surface area contributed by atoms with Gasteiger partial charge in [-0.3, -0.25) is 4.72 Å². The molecular formula is C18H25N3O2S. The lowest BCUT2D eigenvalue weighted by Crippen LogP contribution is -2.16. The molecule has 0 heterocycles. The molecule has 0 saturated carbocycles. The molecule has 130 valence electrons. The zero-order valence-corrected chi connectivity index (χ0v) is 15.2. The van der Waals surface area contributed by atoms with Crippen LogP contribution >= 0.6 is 0 Å². The highest BCUT2D eigenvalue weighted by molar-refractivity contribution is 7.92. The summed E-state index contributed by atoms with van der Waals surface area (Å²) in [5.74, 6) is 0. The van der Waals surface area contributed by atoms with Gasteiger partial charge in [-0.1, -0.05) is 12.1 Å². The largest absolute Gasteiger partial charge is 0.385 e. The molecule has 0 unspecified atom stereocenters. The summed E-state index contributed by atoms with van der Waals surface area (Å²) in [6.07, 6.45) is 1.05. The Labute approximate surface area is 144 Å². The fourth-order valence-electron chi connectivity index (χ4n) is 2.28. The summed E-state index contributed by atoms with van der Waals surface area (Å²) in [7, 11) is 0.546. The maximum atomic E-state index is 12.4. The molecule has 2 N–H and O–H groups in total. The molecule has 24 heavy (non-hydrogen) atoms. The number of benzene rings is 2. The van der Waals surface area contributed by atoms with E-state index in [1.165, 1.54) is 0 Å². The number of anilines is 2. The number of hydrogen-bond acceptors (Lipinski definition) is 4. The molecule has 0 aliphatic heterocycles. The quantitative estimate of drug-likeness (QED) is 0.720. The molecule has 0 aliphatic rings. The van der Waals surface area contributed by atoms with Gasteiger partial charge < -0.3 is 10.2 Å². The fourth-order valence-corrected chi connectivity index (χ4v) is 3.44. The highest BCUT2D eigenvalue weighted by Crippen LogP contribution is 2.19. The Hall–Kier alpha value is -2.05. The van der Waals surface area contributed by atoms with Crippen LogP contribution in [0.3, 0.4) is 0 Å². The molecule has 6 heteroatoms. The van der Waals surface area contributed by atoms with Crippen molar-refractivity contribution in [2.24, 2.45) is 0 Å². The van der Waals surface area contributed by atoms with E-state index in [1.807, 2.05) is 25.1 Å². The molecule has 0 fully saturated rings. The normalized spacial score (nSPS) is 11.5. The summed E-state index contributed by atoms with van der Waals surface area (Å²) in [5, 5.41) is 3.33. The van der Waals surface area contributed by atoms with Crippen LogP contribution in [-0.2, 0) is 10.0 Å². The summed E-state index contributed by atoms with van der Waals surface area (Å²) in [6.45, 7) is 3.78. The van der Waals surface area contributed by atoms with Crippen LogP contribution in [0.15, 0.2) is 53.4 Å². The van der Waals surface area contributed by atoms with Crippen LogP contribution in [0, 0.1) is 6.92 Å². The molecule has 0 bridgehead atoms. The second-order valence-corrected chi connectivity index (χ2v) is 7.77. The van der Waals surface area contributed by atoms with Gasteiger partial charge >= 0.3 is 0 Å². The number of hydrogen-bond donors (Lipinski definition) is 2. The number of sulfonamides is 1. The van der Waals surface area contributed by atoms with Crippen molar-refractivity contribution < 1.29 is 8.42 Å². The van der Waals surface area contributed by atoms with Crippen molar-refractivity contribution in [3.8, 4) is 0 Å². The van der Waals surface area contributed by atoms with Crippen molar-refractivity contribution in [2.75, 3.05) is 37.2 Å². The van der Waals surface area contributed by atoms with Gasteiger partial charge in [0, 0.05) is 17.9 Å². The lowest BCUT2D eigenvalue weighted by Gasteiger charge is -2.12. The standard InChI is InChI=1S/C18H25N3O2S/c1-15-6-4-7-18(14-15)24(22,23)20-17-10-8-16(9-11-17)19-12-5-13-21(2)3/h4,6-11,14,19-20H,5,12-13H2,1-3H3. The van der Waals surface area contributed by atoms with E-state index < -0.39 is 10.0 Å². The van der Waals surface area contributed by atoms with E-state index in [2.05, 4.69) is 29.0 Å². The molecule has 2 aromatic carbocycles. The van der Waals surface area contributed by atoms with Gasteiger partial charge in [-0.25, -0.2) is 8.42 Å². The van der Waals surface area contributed by atoms with E-state index in [0.717, 1.165) is 30.8 Å². The van der Waals surface area contributed by atoms with Crippen molar-refractivity contribution in [1.29, 1.82) is 0 Å². The summed E-state index contributed by atoms with van der Waals surface area (Å²) in [4.78, 5) is 2.42. The smallest absolute Gasteiger partial charge is 0.261 e. The van der Waals surface area contributed by atoms with Crippen LogP contribution in [0.1, 0.15) is 12.0 Å². The molecule has 2 rings (SSSR count). The Balaban J connectivity index is 1.96. The first kappa shape index (κ1) is 18.3. The summed E-state index contributed by atoms with van der Waals surface area (Å²) >= 11 is 0. The lowest BCUT2D eigenvalue weighted by molar-refractivity contribution is 0.405. The van der Waals surface area contributed by atoms with E-state index in [9.17, 15) is 8.42 Å². The van der Waals surface area contributed by atoms with Crippen LogP contribution in [0.25, 0.3) is 0 Å². The van der Waals surface area contributed by atoms with E-state index >= 15 is 0 Å². The fraction of sp³-hybridized carbons (Fsp3) is 0.333. The SMILES string of the molecule is Cc1cccc(S(=O)(=O)Nc2ccc(NCCCN(C)C)cc2)c1. The minimum Gasteiger partial charge on any atom is -0.385 e. The molecule has 0 spiro atoms. The number of nitrogens with one attached hydrogen (secondary N) is 2. The van der Waals surface area contributed by atoms with Gasteiger partial charge in [-0.15, -0.1) is 0 Å². The zero-order valence-electron chi connectivity index (χ0n) is 14.4. The van der Waals surface area contributed by atoms with Gasteiger partial charge in [0.15, 0.2) is 0 Å². The van der Waals surface area contributed by atoms with Crippen molar-refractivity contribution >= 4 is 21.4 Å². The van der Waals surface area contributed by atoms with Crippen molar-refractivity contribution in [1.82, 2.24) is 4.90 Å². The minimum absolute atomic E-state index is 0.272. The van der Waals surface area contributed by atoms with E-state index in [1.54, 1.807) is 30.3 Å². The third-order valence-electron chi connectivity index (χ3n) is 3.55. The Morgan fingerprint density at radius 3 is 2.29 bits per heavy atom. The monoisotopic (exact) mass is 347 g/mol. The zero-order chi connectivity index (χ0) is 17.6. The Kier molecular flexibility index (Phi) is 6.23. The Bertz CT molecular complexity index is 756. The van der Waals surface area contributed by atoms with Gasteiger partial charge in [0.1, 0.15) is 0 Å².